The minimum absolute atomic E-state index is 0.128. The van der Waals surface area contributed by atoms with Gasteiger partial charge < -0.3 is 19.2 Å². The van der Waals surface area contributed by atoms with Gasteiger partial charge in [-0.15, -0.1) is 0 Å². The Balaban J connectivity index is 1.55. The molecule has 0 radical (unpaired) electrons. The van der Waals surface area contributed by atoms with Crippen molar-refractivity contribution >= 4 is 5.91 Å². The fourth-order valence-corrected chi connectivity index (χ4v) is 2.84. The first kappa shape index (κ1) is 12.7. The van der Waals surface area contributed by atoms with E-state index in [1.54, 1.807) is 12.3 Å². The standard InChI is InChI=1S/C14H19NO4/c1-10-4-7-17-12(10)13(16)15-11-2-5-14(6-3-11)18-8-9-19-14/h4,7,11H,2-3,5-6,8-9H2,1H3,(H,15,16). The molecule has 19 heavy (non-hydrogen) atoms. The fraction of sp³-hybridized carbons (Fsp3) is 0.643. The smallest absolute Gasteiger partial charge is 0.287 e. The van der Waals surface area contributed by atoms with Gasteiger partial charge in [0.25, 0.3) is 5.91 Å². The first-order chi connectivity index (χ1) is 9.19. The Hall–Kier alpha value is -1.33. The predicted molar refractivity (Wildman–Crippen MR) is 67.8 cm³/mol. The number of ether oxygens (including phenoxy) is 2. The Kier molecular flexibility index (Phi) is 3.33. The second-order valence-electron chi connectivity index (χ2n) is 5.29. The lowest BCUT2D eigenvalue weighted by Gasteiger charge is -2.35. The van der Waals surface area contributed by atoms with Crippen molar-refractivity contribution in [3.63, 3.8) is 0 Å². The first-order valence-corrected chi connectivity index (χ1v) is 6.81. The predicted octanol–water partition coefficient (Wildman–Crippen LogP) is 2.00. The third-order valence-corrected chi connectivity index (χ3v) is 3.96. The van der Waals surface area contributed by atoms with E-state index in [9.17, 15) is 4.79 Å². The first-order valence-electron chi connectivity index (χ1n) is 6.81. The van der Waals surface area contributed by atoms with Gasteiger partial charge in [-0.25, -0.2) is 0 Å². The molecule has 2 heterocycles. The van der Waals surface area contributed by atoms with E-state index in [0.717, 1.165) is 31.2 Å². The lowest BCUT2D eigenvalue weighted by Crippen LogP contribution is -2.44. The Morgan fingerprint density at radius 3 is 2.58 bits per heavy atom. The van der Waals surface area contributed by atoms with E-state index in [1.165, 1.54) is 0 Å². The molecule has 1 N–H and O–H groups in total. The second kappa shape index (κ2) is 4.98. The molecule has 1 aliphatic heterocycles. The molecule has 3 rings (SSSR count). The highest BCUT2D eigenvalue weighted by Crippen LogP contribution is 2.35. The molecule has 5 nitrogen and oxygen atoms in total. The largest absolute Gasteiger partial charge is 0.459 e. The summed E-state index contributed by atoms with van der Waals surface area (Å²) in [5, 5.41) is 3.02. The van der Waals surface area contributed by atoms with Gasteiger partial charge in [0.05, 0.1) is 19.5 Å². The highest BCUT2D eigenvalue weighted by molar-refractivity contribution is 5.92. The van der Waals surface area contributed by atoms with Crippen molar-refractivity contribution in [1.29, 1.82) is 0 Å². The summed E-state index contributed by atoms with van der Waals surface area (Å²) < 4.78 is 16.5. The fourth-order valence-electron chi connectivity index (χ4n) is 2.84. The van der Waals surface area contributed by atoms with Crippen LogP contribution in [-0.4, -0.2) is 30.9 Å². The maximum atomic E-state index is 12.0. The zero-order chi connectivity index (χ0) is 13.3. The van der Waals surface area contributed by atoms with Crippen LogP contribution in [0.4, 0.5) is 0 Å². The number of nitrogens with one attached hydrogen (secondary N) is 1. The molecule has 104 valence electrons. The summed E-state index contributed by atoms with van der Waals surface area (Å²) in [6, 6.07) is 1.97. The summed E-state index contributed by atoms with van der Waals surface area (Å²) in [6.45, 7) is 3.24. The quantitative estimate of drug-likeness (QED) is 0.888. The number of furan rings is 1. The number of aryl methyl sites for hydroxylation is 1. The van der Waals surface area contributed by atoms with E-state index in [0.29, 0.717) is 19.0 Å². The minimum atomic E-state index is -0.373. The monoisotopic (exact) mass is 265 g/mol. The molecule has 1 amide bonds. The molecule has 1 saturated carbocycles. The number of carbonyl (C=O) groups is 1. The van der Waals surface area contributed by atoms with Crippen molar-refractivity contribution in [3.05, 3.63) is 23.7 Å². The van der Waals surface area contributed by atoms with Crippen LogP contribution in [0.25, 0.3) is 0 Å². The molecule has 0 atom stereocenters. The van der Waals surface area contributed by atoms with E-state index < -0.39 is 0 Å². The van der Waals surface area contributed by atoms with Crippen LogP contribution in [0, 0.1) is 6.92 Å². The van der Waals surface area contributed by atoms with Crippen LogP contribution in [0.15, 0.2) is 16.7 Å². The topological polar surface area (TPSA) is 60.7 Å². The highest BCUT2D eigenvalue weighted by Gasteiger charge is 2.40. The van der Waals surface area contributed by atoms with Gasteiger partial charge in [-0.2, -0.15) is 0 Å². The normalized spacial score (nSPS) is 22.8. The van der Waals surface area contributed by atoms with Gasteiger partial charge in [0.2, 0.25) is 0 Å². The Morgan fingerprint density at radius 2 is 2.00 bits per heavy atom. The molecule has 0 bridgehead atoms. The molecular weight excluding hydrogens is 246 g/mol. The summed E-state index contributed by atoms with van der Waals surface area (Å²) in [5.74, 6) is -0.0904. The Labute approximate surface area is 112 Å². The van der Waals surface area contributed by atoms with Crippen LogP contribution in [-0.2, 0) is 9.47 Å². The van der Waals surface area contributed by atoms with Gasteiger partial charge >= 0.3 is 0 Å². The summed E-state index contributed by atoms with van der Waals surface area (Å²) in [5.41, 5.74) is 0.868. The van der Waals surface area contributed by atoms with Crippen molar-refractivity contribution in [2.45, 2.75) is 44.4 Å². The minimum Gasteiger partial charge on any atom is -0.459 e. The maximum Gasteiger partial charge on any atom is 0.287 e. The van der Waals surface area contributed by atoms with Gasteiger partial charge in [-0.3, -0.25) is 4.79 Å². The molecule has 5 heteroatoms. The van der Waals surface area contributed by atoms with Crippen molar-refractivity contribution in [2.24, 2.45) is 0 Å². The van der Waals surface area contributed by atoms with Crippen molar-refractivity contribution < 1.29 is 18.7 Å². The van der Waals surface area contributed by atoms with E-state index in [-0.39, 0.29) is 17.7 Å². The van der Waals surface area contributed by atoms with Gasteiger partial charge in [0.15, 0.2) is 11.5 Å². The maximum absolute atomic E-state index is 12.0. The number of hydrogen-bond acceptors (Lipinski definition) is 4. The van der Waals surface area contributed by atoms with E-state index >= 15 is 0 Å². The second-order valence-corrected chi connectivity index (χ2v) is 5.29. The van der Waals surface area contributed by atoms with Crippen LogP contribution < -0.4 is 5.32 Å². The lowest BCUT2D eigenvalue weighted by molar-refractivity contribution is -0.179. The Morgan fingerprint density at radius 1 is 1.32 bits per heavy atom. The molecule has 1 aliphatic carbocycles. The molecule has 1 spiro atoms. The number of rotatable bonds is 2. The van der Waals surface area contributed by atoms with Crippen LogP contribution in [0.3, 0.4) is 0 Å². The number of hydrogen-bond donors (Lipinski definition) is 1. The third-order valence-electron chi connectivity index (χ3n) is 3.96. The molecule has 0 aromatic carbocycles. The SMILES string of the molecule is Cc1ccoc1C(=O)NC1CCC2(CC1)OCCO2. The molecule has 1 aromatic heterocycles. The van der Waals surface area contributed by atoms with Crippen LogP contribution in [0.1, 0.15) is 41.8 Å². The highest BCUT2D eigenvalue weighted by atomic mass is 16.7. The zero-order valence-corrected chi connectivity index (χ0v) is 11.1. The molecule has 1 saturated heterocycles. The van der Waals surface area contributed by atoms with Crippen molar-refractivity contribution in [3.8, 4) is 0 Å². The summed E-state index contributed by atoms with van der Waals surface area (Å²) in [6.07, 6.45) is 4.99. The molecule has 1 aromatic rings. The Bertz CT molecular complexity index is 452. The molecular formula is C14H19NO4. The zero-order valence-electron chi connectivity index (χ0n) is 11.1. The molecule has 2 aliphatic rings. The number of carbonyl (C=O) groups excluding carboxylic acids is 1. The summed E-state index contributed by atoms with van der Waals surface area (Å²) in [7, 11) is 0. The molecule has 0 unspecified atom stereocenters. The van der Waals surface area contributed by atoms with E-state index in [4.69, 9.17) is 13.9 Å². The third kappa shape index (κ3) is 2.53. The van der Waals surface area contributed by atoms with E-state index in [2.05, 4.69) is 5.32 Å². The summed E-state index contributed by atoms with van der Waals surface area (Å²) in [4.78, 5) is 12.0. The van der Waals surface area contributed by atoms with Gasteiger partial charge in [-0.05, 0) is 25.8 Å². The summed E-state index contributed by atoms with van der Waals surface area (Å²) >= 11 is 0. The van der Waals surface area contributed by atoms with Crippen LogP contribution >= 0.6 is 0 Å². The van der Waals surface area contributed by atoms with Gasteiger partial charge in [0.1, 0.15) is 0 Å². The lowest BCUT2D eigenvalue weighted by atomic mass is 9.90. The average molecular weight is 265 g/mol. The average Bonchev–Trinajstić information content (AvgIpc) is 3.02. The van der Waals surface area contributed by atoms with Crippen molar-refractivity contribution in [2.75, 3.05) is 13.2 Å². The van der Waals surface area contributed by atoms with Crippen LogP contribution in [0.5, 0.6) is 0 Å². The number of amides is 1. The van der Waals surface area contributed by atoms with Crippen LogP contribution in [0.2, 0.25) is 0 Å². The van der Waals surface area contributed by atoms with E-state index in [1.807, 2.05) is 6.92 Å². The van der Waals surface area contributed by atoms with Gasteiger partial charge in [-0.1, -0.05) is 0 Å². The van der Waals surface area contributed by atoms with Gasteiger partial charge in [0, 0.05) is 24.4 Å². The van der Waals surface area contributed by atoms with Crippen molar-refractivity contribution in [1.82, 2.24) is 5.32 Å². The molecule has 2 fully saturated rings.